The summed E-state index contributed by atoms with van der Waals surface area (Å²) in [5, 5.41) is 2.94. The van der Waals surface area contributed by atoms with Crippen molar-refractivity contribution in [1.29, 1.82) is 0 Å². The number of hydrogen-bond donors (Lipinski definition) is 1. The smallest absolute Gasteiger partial charge is 0.269 e. The molecule has 2 aromatic rings. The highest BCUT2D eigenvalue weighted by atomic mass is 16.1. The first-order valence-corrected chi connectivity index (χ1v) is 9.84. The van der Waals surface area contributed by atoms with Crippen LogP contribution in [0.2, 0.25) is 0 Å². The number of hydrogen-bond acceptors (Lipinski definition) is 4. The highest BCUT2D eigenvalue weighted by Gasteiger charge is 2.18. The Bertz CT molecular complexity index is 749. The van der Waals surface area contributed by atoms with Gasteiger partial charge in [-0.2, -0.15) is 0 Å². The first-order chi connectivity index (χ1) is 13.0. The van der Waals surface area contributed by atoms with Crippen molar-refractivity contribution in [2.24, 2.45) is 5.92 Å². The molecule has 1 saturated heterocycles. The fourth-order valence-corrected chi connectivity index (χ4v) is 3.32. The van der Waals surface area contributed by atoms with Gasteiger partial charge in [-0.25, -0.2) is 4.98 Å². The molecule has 5 heteroatoms. The number of aryl methyl sites for hydroxylation is 1. The maximum absolute atomic E-state index is 12.1. The molecule has 1 aliphatic heterocycles. The predicted molar refractivity (Wildman–Crippen MR) is 112 cm³/mol. The van der Waals surface area contributed by atoms with Crippen LogP contribution in [-0.2, 0) is 0 Å². The van der Waals surface area contributed by atoms with Crippen LogP contribution in [-0.4, -0.2) is 43.6 Å². The number of carbonyl (C=O) groups excluding carboxylic acids is 1. The van der Waals surface area contributed by atoms with E-state index in [-0.39, 0.29) is 5.91 Å². The Morgan fingerprint density at radius 1 is 1.07 bits per heavy atom. The number of benzene rings is 1. The van der Waals surface area contributed by atoms with Gasteiger partial charge in [0.1, 0.15) is 5.69 Å². The minimum absolute atomic E-state index is 0.0912. The van der Waals surface area contributed by atoms with Crippen LogP contribution in [0.4, 0.5) is 11.4 Å². The standard InChI is InChI=1S/C22H30N4O/c1-17(2)9-10-23-22(27)21-8-7-20(16-24-21)26-13-11-25(12-14-26)19-6-4-5-18(3)15-19/h4-8,15-17H,9-14H2,1-3H3,(H,23,27). The quantitative estimate of drug-likeness (QED) is 0.850. The zero-order chi connectivity index (χ0) is 19.2. The summed E-state index contributed by atoms with van der Waals surface area (Å²) in [5.74, 6) is 0.491. The second-order valence-electron chi connectivity index (χ2n) is 7.65. The van der Waals surface area contributed by atoms with Crippen LogP contribution >= 0.6 is 0 Å². The van der Waals surface area contributed by atoms with Gasteiger partial charge in [0, 0.05) is 38.4 Å². The molecule has 1 fully saturated rings. The van der Waals surface area contributed by atoms with Crippen molar-refractivity contribution in [3.05, 3.63) is 53.9 Å². The molecule has 0 spiro atoms. The number of piperazine rings is 1. The third-order valence-corrected chi connectivity index (χ3v) is 5.00. The molecule has 1 N–H and O–H groups in total. The molecule has 0 unspecified atom stereocenters. The van der Waals surface area contributed by atoms with E-state index in [1.165, 1.54) is 11.3 Å². The van der Waals surface area contributed by atoms with Crippen molar-refractivity contribution in [3.8, 4) is 0 Å². The Balaban J connectivity index is 1.53. The van der Waals surface area contributed by atoms with E-state index in [0.717, 1.165) is 38.3 Å². The lowest BCUT2D eigenvalue weighted by molar-refractivity contribution is 0.0947. The fraction of sp³-hybridized carbons (Fsp3) is 0.455. The third-order valence-electron chi connectivity index (χ3n) is 5.00. The van der Waals surface area contributed by atoms with E-state index < -0.39 is 0 Å². The lowest BCUT2D eigenvalue weighted by atomic mass is 10.1. The Hall–Kier alpha value is -2.56. The minimum atomic E-state index is -0.0912. The molecular formula is C22H30N4O. The zero-order valence-corrected chi connectivity index (χ0v) is 16.6. The average molecular weight is 367 g/mol. The minimum Gasteiger partial charge on any atom is -0.368 e. The first-order valence-electron chi connectivity index (χ1n) is 9.84. The number of anilines is 2. The third kappa shape index (κ3) is 5.22. The average Bonchev–Trinajstić information content (AvgIpc) is 2.68. The van der Waals surface area contributed by atoms with E-state index in [9.17, 15) is 4.79 Å². The highest BCUT2D eigenvalue weighted by molar-refractivity contribution is 5.92. The molecule has 27 heavy (non-hydrogen) atoms. The van der Waals surface area contributed by atoms with E-state index in [0.29, 0.717) is 18.2 Å². The van der Waals surface area contributed by atoms with Gasteiger partial charge in [-0.15, -0.1) is 0 Å². The molecule has 0 atom stereocenters. The largest absolute Gasteiger partial charge is 0.368 e. The normalized spacial score (nSPS) is 14.5. The van der Waals surface area contributed by atoms with Crippen molar-refractivity contribution < 1.29 is 4.79 Å². The van der Waals surface area contributed by atoms with Gasteiger partial charge in [0.05, 0.1) is 11.9 Å². The molecular weight excluding hydrogens is 336 g/mol. The predicted octanol–water partition coefficient (Wildman–Crippen LogP) is 3.49. The van der Waals surface area contributed by atoms with Crippen LogP contribution in [0.5, 0.6) is 0 Å². The molecule has 1 aromatic heterocycles. The van der Waals surface area contributed by atoms with Crippen LogP contribution in [0.1, 0.15) is 36.3 Å². The van der Waals surface area contributed by atoms with Crippen molar-refractivity contribution in [1.82, 2.24) is 10.3 Å². The molecule has 0 aliphatic carbocycles. The lowest BCUT2D eigenvalue weighted by Gasteiger charge is -2.37. The Morgan fingerprint density at radius 3 is 2.37 bits per heavy atom. The Morgan fingerprint density at radius 2 is 1.78 bits per heavy atom. The second kappa shape index (κ2) is 8.89. The number of aromatic nitrogens is 1. The second-order valence-corrected chi connectivity index (χ2v) is 7.65. The number of rotatable bonds is 6. The summed E-state index contributed by atoms with van der Waals surface area (Å²) in [6.07, 6.45) is 2.80. The number of pyridine rings is 1. The SMILES string of the molecule is Cc1cccc(N2CCN(c3ccc(C(=O)NCCC(C)C)nc3)CC2)c1. The summed E-state index contributed by atoms with van der Waals surface area (Å²) in [5.41, 5.74) is 4.15. The molecule has 1 amide bonds. The van der Waals surface area contributed by atoms with Gasteiger partial charge in [0.25, 0.3) is 5.91 Å². The van der Waals surface area contributed by atoms with Gasteiger partial charge in [-0.1, -0.05) is 26.0 Å². The summed E-state index contributed by atoms with van der Waals surface area (Å²) in [7, 11) is 0. The van der Waals surface area contributed by atoms with Crippen molar-refractivity contribution in [2.45, 2.75) is 27.2 Å². The van der Waals surface area contributed by atoms with Gasteiger partial charge in [-0.3, -0.25) is 4.79 Å². The monoisotopic (exact) mass is 366 g/mol. The highest BCUT2D eigenvalue weighted by Crippen LogP contribution is 2.21. The van der Waals surface area contributed by atoms with Gasteiger partial charge in [-0.05, 0) is 49.1 Å². The van der Waals surface area contributed by atoms with Crippen LogP contribution < -0.4 is 15.1 Å². The molecule has 144 valence electrons. The van der Waals surface area contributed by atoms with Crippen LogP contribution in [0.3, 0.4) is 0 Å². The van der Waals surface area contributed by atoms with Crippen molar-refractivity contribution >= 4 is 17.3 Å². The maximum atomic E-state index is 12.1. The van der Waals surface area contributed by atoms with Gasteiger partial charge < -0.3 is 15.1 Å². The summed E-state index contributed by atoms with van der Waals surface area (Å²) in [4.78, 5) is 21.3. The van der Waals surface area contributed by atoms with E-state index in [4.69, 9.17) is 0 Å². The Labute approximate surface area is 162 Å². The molecule has 1 aromatic carbocycles. The molecule has 0 radical (unpaired) electrons. The van der Waals surface area contributed by atoms with E-state index in [1.54, 1.807) is 0 Å². The molecule has 0 saturated carbocycles. The first kappa shape index (κ1) is 19.2. The maximum Gasteiger partial charge on any atom is 0.269 e. The van der Waals surface area contributed by atoms with Crippen LogP contribution in [0, 0.1) is 12.8 Å². The van der Waals surface area contributed by atoms with Crippen molar-refractivity contribution in [3.63, 3.8) is 0 Å². The number of nitrogens with one attached hydrogen (secondary N) is 1. The van der Waals surface area contributed by atoms with Crippen LogP contribution in [0.25, 0.3) is 0 Å². The molecule has 3 rings (SSSR count). The fourth-order valence-electron chi connectivity index (χ4n) is 3.32. The van der Waals surface area contributed by atoms with Gasteiger partial charge in [0.2, 0.25) is 0 Å². The molecule has 5 nitrogen and oxygen atoms in total. The molecule has 0 bridgehead atoms. The number of amides is 1. The van der Waals surface area contributed by atoms with E-state index in [1.807, 2.05) is 18.3 Å². The molecule has 1 aliphatic rings. The van der Waals surface area contributed by atoms with Gasteiger partial charge in [0.15, 0.2) is 0 Å². The number of nitrogens with zero attached hydrogens (tertiary/aromatic N) is 3. The zero-order valence-electron chi connectivity index (χ0n) is 16.6. The summed E-state index contributed by atoms with van der Waals surface area (Å²) >= 11 is 0. The summed E-state index contributed by atoms with van der Waals surface area (Å²) in [6.45, 7) is 11.0. The lowest BCUT2D eigenvalue weighted by Crippen LogP contribution is -2.46. The van der Waals surface area contributed by atoms with E-state index >= 15 is 0 Å². The summed E-state index contributed by atoms with van der Waals surface area (Å²) in [6, 6.07) is 12.5. The van der Waals surface area contributed by atoms with Crippen molar-refractivity contribution in [2.75, 3.05) is 42.5 Å². The summed E-state index contributed by atoms with van der Waals surface area (Å²) < 4.78 is 0. The topological polar surface area (TPSA) is 48.5 Å². The Kier molecular flexibility index (Phi) is 6.32. The van der Waals surface area contributed by atoms with Crippen LogP contribution in [0.15, 0.2) is 42.6 Å². The van der Waals surface area contributed by atoms with Gasteiger partial charge >= 0.3 is 0 Å². The van der Waals surface area contributed by atoms with E-state index in [2.05, 4.69) is 65.1 Å². The molecule has 2 heterocycles. The number of carbonyl (C=O) groups is 1.